The van der Waals surface area contributed by atoms with Crippen molar-refractivity contribution in [1.29, 1.82) is 0 Å². The van der Waals surface area contributed by atoms with Crippen molar-refractivity contribution in [3.05, 3.63) is 54.3 Å². The summed E-state index contributed by atoms with van der Waals surface area (Å²) in [6, 6.07) is 11.9. The van der Waals surface area contributed by atoms with Crippen LogP contribution in [0.3, 0.4) is 0 Å². The smallest absolute Gasteiger partial charge is 0.249 e. The molecule has 9 heteroatoms. The van der Waals surface area contributed by atoms with E-state index in [0.29, 0.717) is 23.0 Å². The molecule has 0 radical (unpaired) electrons. The van der Waals surface area contributed by atoms with Crippen LogP contribution in [0.5, 0.6) is 11.5 Å². The molecule has 30 heavy (non-hydrogen) atoms. The third-order valence-corrected chi connectivity index (χ3v) is 4.79. The van der Waals surface area contributed by atoms with Crippen molar-refractivity contribution in [2.45, 2.75) is 12.5 Å². The number of nitrogens with zero attached hydrogens (tertiary/aromatic N) is 2. The largest absolute Gasteiger partial charge is 0.493 e. The van der Waals surface area contributed by atoms with Crippen molar-refractivity contribution < 1.29 is 23.5 Å². The topological polar surface area (TPSA) is 94.5 Å². The maximum absolute atomic E-state index is 13.9. The van der Waals surface area contributed by atoms with Crippen LogP contribution in [0, 0.1) is 5.82 Å². The first-order valence-electron chi connectivity index (χ1n) is 9.17. The van der Waals surface area contributed by atoms with E-state index in [2.05, 4.69) is 15.7 Å². The fourth-order valence-corrected chi connectivity index (χ4v) is 3.30. The van der Waals surface area contributed by atoms with Gasteiger partial charge < -0.3 is 20.1 Å². The number of hydrogen-bond acceptors (Lipinski definition) is 5. The van der Waals surface area contributed by atoms with Gasteiger partial charge in [-0.15, -0.1) is 0 Å². The van der Waals surface area contributed by atoms with Gasteiger partial charge in [0.2, 0.25) is 11.8 Å². The van der Waals surface area contributed by atoms with Gasteiger partial charge in [-0.3, -0.25) is 9.59 Å². The number of aromatic nitrogens is 2. The van der Waals surface area contributed by atoms with E-state index in [9.17, 15) is 14.0 Å². The molecule has 0 spiro atoms. The summed E-state index contributed by atoms with van der Waals surface area (Å²) in [6.45, 7) is 0. The van der Waals surface area contributed by atoms with Gasteiger partial charge >= 0.3 is 0 Å². The molecule has 3 aromatic rings. The lowest BCUT2D eigenvalue weighted by molar-refractivity contribution is -0.125. The van der Waals surface area contributed by atoms with Gasteiger partial charge in [0.1, 0.15) is 17.7 Å². The average Bonchev–Trinajstić information content (AvgIpc) is 3.18. The van der Waals surface area contributed by atoms with E-state index in [-0.39, 0.29) is 18.0 Å². The lowest BCUT2D eigenvalue weighted by atomic mass is 10.1. The maximum atomic E-state index is 13.9. The molecule has 0 fully saturated rings. The van der Waals surface area contributed by atoms with E-state index in [0.717, 1.165) is 5.56 Å². The third kappa shape index (κ3) is 3.57. The molecule has 1 atom stereocenters. The summed E-state index contributed by atoms with van der Waals surface area (Å²) >= 11 is 0. The molecule has 1 aromatic heterocycles. The van der Waals surface area contributed by atoms with E-state index >= 15 is 0 Å². The number of ether oxygens (including phenoxy) is 2. The Morgan fingerprint density at radius 3 is 2.67 bits per heavy atom. The molecular weight excluding hydrogens is 391 g/mol. The SMILES string of the molecule is COc1ccc(-c2cc3n(n2)C(C(=O)Nc2ccccc2F)CC(=O)N3)cc1OC. The molecule has 2 heterocycles. The van der Waals surface area contributed by atoms with Crippen LogP contribution in [0.4, 0.5) is 15.9 Å². The van der Waals surface area contributed by atoms with Crippen LogP contribution in [0.1, 0.15) is 12.5 Å². The Labute approximate surface area is 171 Å². The van der Waals surface area contributed by atoms with Crippen molar-refractivity contribution in [1.82, 2.24) is 9.78 Å². The molecule has 0 aliphatic carbocycles. The minimum absolute atomic E-state index is 0.0438. The Morgan fingerprint density at radius 2 is 1.93 bits per heavy atom. The maximum Gasteiger partial charge on any atom is 0.249 e. The van der Waals surface area contributed by atoms with Crippen molar-refractivity contribution >= 4 is 23.3 Å². The molecule has 1 unspecified atom stereocenters. The highest BCUT2D eigenvalue weighted by Crippen LogP contribution is 2.35. The minimum atomic E-state index is -0.915. The number of carbonyl (C=O) groups is 2. The second-order valence-electron chi connectivity index (χ2n) is 6.67. The Bertz CT molecular complexity index is 1130. The predicted octanol–water partition coefficient (Wildman–Crippen LogP) is 3.23. The molecule has 0 saturated carbocycles. The van der Waals surface area contributed by atoms with E-state index < -0.39 is 17.8 Å². The lowest BCUT2D eigenvalue weighted by Gasteiger charge is -2.23. The van der Waals surface area contributed by atoms with Crippen LogP contribution in [0.2, 0.25) is 0 Å². The highest BCUT2D eigenvalue weighted by atomic mass is 19.1. The van der Waals surface area contributed by atoms with Crippen LogP contribution in [0.15, 0.2) is 48.5 Å². The van der Waals surface area contributed by atoms with E-state index in [1.807, 2.05) is 0 Å². The number of amides is 2. The van der Waals surface area contributed by atoms with Crippen molar-refractivity contribution in [3.8, 4) is 22.8 Å². The molecule has 2 aromatic carbocycles. The summed E-state index contributed by atoms with van der Waals surface area (Å²) in [5.74, 6) is 0.0650. The quantitative estimate of drug-likeness (QED) is 0.674. The Balaban J connectivity index is 1.67. The zero-order chi connectivity index (χ0) is 21.3. The van der Waals surface area contributed by atoms with Crippen LogP contribution in [-0.4, -0.2) is 35.8 Å². The third-order valence-electron chi connectivity index (χ3n) is 4.79. The Hall–Kier alpha value is -3.88. The summed E-state index contributed by atoms with van der Waals surface area (Å²) in [7, 11) is 3.07. The molecule has 8 nitrogen and oxygen atoms in total. The zero-order valence-electron chi connectivity index (χ0n) is 16.3. The Morgan fingerprint density at radius 1 is 1.17 bits per heavy atom. The minimum Gasteiger partial charge on any atom is -0.493 e. The molecule has 1 aliphatic heterocycles. The number of fused-ring (bicyclic) bond motifs is 1. The van der Waals surface area contributed by atoms with E-state index in [1.54, 1.807) is 37.4 Å². The highest BCUT2D eigenvalue weighted by molar-refractivity contribution is 6.01. The van der Waals surface area contributed by atoms with Gasteiger partial charge in [-0.05, 0) is 30.3 Å². The number of methoxy groups -OCH3 is 2. The van der Waals surface area contributed by atoms with E-state index in [4.69, 9.17) is 9.47 Å². The summed E-state index contributed by atoms with van der Waals surface area (Å²) in [6.07, 6.45) is -0.111. The first-order valence-corrected chi connectivity index (χ1v) is 9.17. The fraction of sp³-hybridized carbons (Fsp3) is 0.190. The summed E-state index contributed by atoms with van der Waals surface area (Å²) in [5.41, 5.74) is 1.30. The number of carbonyl (C=O) groups excluding carboxylic acids is 2. The summed E-state index contributed by atoms with van der Waals surface area (Å²) < 4.78 is 25.9. The number of nitrogens with one attached hydrogen (secondary N) is 2. The Kier molecular flexibility index (Phi) is 5.09. The van der Waals surface area contributed by atoms with E-state index in [1.165, 1.54) is 30.0 Å². The van der Waals surface area contributed by atoms with Crippen molar-refractivity contribution in [3.63, 3.8) is 0 Å². The standard InChI is InChI=1S/C21H19FN4O4/c1-29-17-8-7-12(9-18(17)30-2)15-10-19-24-20(27)11-16(26(19)25-15)21(28)23-14-6-4-3-5-13(14)22/h3-10,16H,11H2,1-2H3,(H,23,28)(H,24,27). The number of benzene rings is 2. The number of halogens is 1. The van der Waals surface area contributed by atoms with Gasteiger partial charge in [0.25, 0.3) is 0 Å². The fourth-order valence-electron chi connectivity index (χ4n) is 3.30. The van der Waals surface area contributed by atoms with Crippen LogP contribution in [0.25, 0.3) is 11.3 Å². The molecule has 154 valence electrons. The zero-order valence-corrected chi connectivity index (χ0v) is 16.3. The highest BCUT2D eigenvalue weighted by Gasteiger charge is 2.32. The van der Waals surface area contributed by atoms with Crippen molar-refractivity contribution in [2.75, 3.05) is 24.9 Å². The molecule has 2 N–H and O–H groups in total. The molecule has 4 rings (SSSR count). The lowest BCUT2D eigenvalue weighted by Crippen LogP contribution is -2.35. The summed E-state index contributed by atoms with van der Waals surface area (Å²) in [4.78, 5) is 24.9. The second-order valence-corrected chi connectivity index (χ2v) is 6.67. The van der Waals surface area contributed by atoms with Gasteiger partial charge in [-0.25, -0.2) is 9.07 Å². The van der Waals surface area contributed by atoms with Crippen LogP contribution >= 0.6 is 0 Å². The predicted molar refractivity (Wildman–Crippen MR) is 108 cm³/mol. The normalized spacial score (nSPS) is 15.2. The first-order chi connectivity index (χ1) is 14.5. The summed E-state index contributed by atoms with van der Waals surface area (Å²) in [5, 5.41) is 9.75. The molecule has 2 amide bonds. The molecule has 1 aliphatic rings. The van der Waals surface area contributed by atoms with Crippen LogP contribution in [-0.2, 0) is 9.59 Å². The van der Waals surface area contributed by atoms with Gasteiger partial charge in [-0.1, -0.05) is 12.1 Å². The molecule has 0 saturated heterocycles. The first kappa shape index (κ1) is 19.4. The van der Waals surface area contributed by atoms with Gasteiger partial charge in [0.15, 0.2) is 11.5 Å². The molecule has 0 bridgehead atoms. The number of anilines is 2. The average molecular weight is 410 g/mol. The number of para-hydroxylation sites is 1. The van der Waals surface area contributed by atoms with Crippen molar-refractivity contribution in [2.24, 2.45) is 0 Å². The monoisotopic (exact) mass is 410 g/mol. The number of rotatable bonds is 5. The second kappa shape index (κ2) is 7.86. The molecular formula is C21H19FN4O4. The number of hydrogen-bond donors (Lipinski definition) is 2. The van der Waals surface area contributed by atoms with Crippen LogP contribution < -0.4 is 20.1 Å². The van der Waals surface area contributed by atoms with Gasteiger partial charge in [0.05, 0.1) is 32.0 Å². The van der Waals surface area contributed by atoms with Gasteiger partial charge in [0, 0.05) is 11.6 Å². The van der Waals surface area contributed by atoms with Gasteiger partial charge in [-0.2, -0.15) is 5.10 Å².